The molecule has 2 aliphatic heterocycles. The van der Waals surface area contributed by atoms with Crippen LogP contribution in [0, 0.1) is 11.3 Å². The van der Waals surface area contributed by atoms with E-state index in [1.807, 2.05) is 4.90 Å². The molecule has 1 aromatic rings. The van der Waals surface area contributed by atoms with Gasteiger partial charge in [0.2, 0.25) is 11.8 Å². The van der Waals surface area contributed by atoms with Gasteiger partial charge in [-0.3, -0.25) is 9.59 Å². The Hall–Kier alpha value is -2.29. The van der Waals surface area contributed by atoms with E-state index in [4.69, 9.17) is 0 Å². The molecule has 188 valence electrons. The number of likely N-dealkylation sites (tertiary alicyclic amines) is 1. The van der Waals surface area contributed by atoms with E-state index in [-0.39, 0.29) is 47.8 Å². The molecule has 2 amide bonds. The number of hydrogen-bond acceptors (Lipinski definition) is 4. The summed E-state index contributed by atoms with van der Waals surface area (Å²) in [7, 11) is 0. The number of halogens is 3. The van der Waals surface area contributed by atoms with Gasteiger partial charge in [0.05, 0.1) is 17.1 Å². The lowest BCUT2D eigenvalue weighted by Gasteiger charge is -2.42. The van der Waals surface area contributed by atoms with Crippen molar-refractivity contribution in [2.75, 3.05) is 29.9 Å². The van der Waals surface area contributed by atoms with Crippen LogP contribution in [0.2, 0.25) is 0 Å². The zero-order valence-electron chi connectivity index (χ0n) is 19.8. The smallest absolute Gasteiger partial charge is 0.393 e. The highest BCUT2D eigenvalue weighted by Crippen LogP contribution is 2.46. The summed E-state index contributed by atoms with van der Waals surface area (Å²) in [6.45, 7) is 4.70. The van der Waals surface area contributed by atoms with E-state index in [2.05, 4.69) is 5.32 Å². The third-order valence-corrected chi connectivity index (χ3v) is 7.66. The predicted octanol–water partition coefficient (Wildman–Crippen LogP) is 4.42. The zero-order chi connectivity index (χ0) is 24.7. The van der Waals surface area contributed by atoms with Crippen molar-refractivity contribution in [1.29, 1.82) is 0 Å². The van der Waals surface area contributed by atoms with Gasteiger partial charge in [-0.25, -0.2) is 0 Å². The maximum Gasteiger partial charge on any atom is 0.418 e. The number of aliphatic hydroxyl groups excluding tert-OH is 1. The van der Waals surface area contributed by atoms with Gasteiger partial charge in [-0.2, -0.15) is 13.2 Å². The molecule has 3 fully saturated rings. The minimum absolute atomic E-state index is 0.0490. The van der Waals surface area contributed by atoms with Gasteiger partial charge in [0.25, 0.3) is 0 Å². The minimum Gasteiger partial charge on any atom is -0.393 e. The molecule has 0 aromatic heterocycles. The first-order valence-corrected chi connectivity index (χ1v) is 12.3. The van der Waals surface area contributed by atoms with Crippen LogP contribution in [-0.2, 0) is 15.8 Å². The molecule has 0 radical (unpaired) electrons. The van der Waals surface area contributed by atoms with E-state index in [0.717, 1.165) is 18.9 Å². The molecule has 1 saturated carbocycles. The van der Waals surface area contributed by atoms with Gasteiger partial charge in [0.1, 0.15) is 0 Å². The normalized spacial score (nSPS) is 28.1. The van der Waals surface area contributed by atoms with Crippen molar-refractivity contribution in [1.82, 2.24) is 4.90 Å². The van der Waals surface area contributed by atoms with Gasteiger partial charge in [0.15, 0.2) is 0 Å². The Morgan fingerprint density at radius 3 is 2.50 bits per heavy atom. The molecule has 34 heavy (non-hydrogen) atoms. The quantitative estimate of drug-likeness (QED) is 0.668. The van der Waals surface area contributed by atoms with Gasteiger partial charge in [-0.05, 0) is 63.1 Å². The zero-order valence-corrected chi connectivity index (χ0v) is 19.8. The van der Waals surface area contributed by atoms with Crippen LogP contribution >= 0.6 is 0 Å². The fraction of sp³-hybridized carbons (Fsp3) is 0.680. The number of amides is 2. The van der Waals surface area contributed by atoms with Crippen LogP contribution in [0.1, 0.15) is 64.4 Å². The predicted molar refractivity (Wildman–Crippen MR) is 123 cm³/mol. The highest BCUT2D eigenvalue weighted by atomic mass is 19.4. The van der Waals surface area contributed by atoms with Crippen LogP contribution in [0.5, 0.6) is 0 Å². The molecule has 6 nitrogen and oxygen atoms in total. The molecule has 2 saturated heterocycles. The number of rotatable bonds is 4. The molecular formula is C25H34F3N3O3. The van der Waals surface area contributed by atoms with E-state index >= 15 is 0 Å². The van der Waals surface area contributed by atoms with E-state index in [9.17, 15) is 27.9 Å². The van der Waals surface area contributed by atoms with Crippen molar-refractivity contribution in [3.05, 3.63) is 23.8 Å². The second-order valence-electron chi connectivity index (χ2n) is 10.4. The van der Waals surface area contributed by atoms with Gasteiger partial charge in [-0.15, -0.1) is 0 Å². The van der Waals surface area contributed by atoms with Crippen molar-refractivity contribution in [2.45, 2.75) is 77.1 Å². The lowest BCUT2D eigenvalue weighted by atomic mass is 9.78. The standard InChI is InChI=1S/C25H34F3N3O3/c1-16(2)22(33)29-17-4-9-21(20(14-17)25(26,27)28)30-12-3-10-24(15-30)11-13-31(23(24)34)18-5-7-19(32)8-6-18/h4,9,14,16,18-19,32H,3,5-8,10-13,15H2,1-2H3,(H,29,33)/t18?,19?,24-/m1/s1. The van der Waals surface area contributed by atoms with Crippen molar-refractivity contribution in [3.63, 3.8) is 0 Å². The number of benzene rings is 1. The minimum atomic E-state index is -4.59. The lowest BCUT2D eigenvalue weighted by Crippen LogP contribution is -2.50. The average molecular weight is 482 g/mol. The fourth-order valence-electron chi connectivity index (χ4n) is 5.69. The van der Waals surface area contributed by atoms with E-state index in [0.29, 0.717) is 45.2 Å². The summed E-state index contributed by atoms with van der Waals surface area (Å²) in [6, 6.07) is 4.02. The number of piperidine rings is 1. The highest BCUT2D eigenvalue weighted by molar-refractivity contribution is 5.92. The maximum atomic E-state index is 14.0. The van der Waals surface area contributed by atoms with Crippen LogP contribution in [0.3, 0.4) is 0 Å². The molecule has 1 aromatic carbocycles. The van der Waals surface area contributed by atoms with Crippen LogP contribution in [0.4, 0.5) is 24.5 Å². The topological polar surface area (TPSA) is 72.9 Å². The molecule has 0 bridgehead atoms. The molecule has 1 spiro atoms. The molecule has 0 unspecified atom stereocenters. The molecule has 3 aliphatic rings. The second kappa shape index (κ2) is 9.40. The van der Waals surface area contributed by atoms with E-state index < -0.39 is 17.2 Å². The van der Waals surface area contributed by atoms with Crippen molar-refractivity contribution in [3.8, 4) is 0 Å². The first kappa shape index (κ1) is 24.8. The number of nitrogens with zero attached hydrogens (tertiary/aromatic N) is 2. The first-order valence-electron chi connectivity index (χ1n) is 12.3. The number of aliphatic hydroxyl groups is 1. The Morgan fingerprint density at radius 2 is 1.85 bits per heavy atom. The molecule has 2 heterocycles. The summed E-state index contributed by atoms with van der Waals surface area (Å²) in [5, 5.41) is 12.3. The number of nitrogens with one attached hydrogen (secondary N) is 1. The Balaban J connectivity index is 1.56. The van der Waals surface area contributed by atoms with Gasteiger partial charge in [0, 0.05) is 43.0 Å². The Morgan fingerprint density at radius 1 is 1.15 bits per heavy atom. The van der Waals surface area contributed by atoms with Gasteiger partial charge < -0.3 is 20.2 Å². The summed E-state index contributed by atoms with van der Waals surface area (Å²) in [6.07, 6.45) is -0.0159. The third-order valence-electron chi connectivity index (χ3n) is 7.66. The van der Waals surface area contributed by atoms with E-state index in [1.54, 1.807) is 18.7 Å². The molecule has 1 aliphatic carbocycles. The number of alkyl halides is 3. The van der Waals surface area contributed by atoms with Crippen LogP contribution in [0.25, 0.3) is 0 Å². The first-order chi connectivity index (χ1) is 16.0. The molecule has 9 heteroatoms. The summed E-state index contributed by atoms with van der Waals surface area (Å²) in [5.74, 6) is -0.641. The summed E-state index contributed by atoms with van der Waals surface area (Å²) in [4.78, 5) is 29.1. The largest absolute Gasteiger partial charge is 0.418 e. The average Bonchev–Trinajstić information content (AvgIpc) is 3.09. The number of anilines is 2. The molecule has 4 rings (SSSR count). The summed E-state index contributed by atoms with van der Waals surface area (Å²) in [5.41, 5.74) is -1.29. The van der Waals surface area contributed by atoms with Gasteiger partial charge >= 0.3 is 6.18 Å². The fourth-order valence-corrected chi connectivity index (χ4v) is 5.69. The van der Waals surface area contributed by atoms with Crippen molar-refractivity contribution >= 4 is 23.2 Å². The Bertz CT molecular complexity index is 928. The SMILES string of the molecule is CC(C)C(=O)Nc1ccc(N2CCC[C@@]3(CCN(C4CCC(O)CC4)C3=O)C2)c(C(F)(F)F)c1. The molecule has 2 N–H and O–H groups in total. The number of carbonyl (C=O) groups is 2. The molecule has 1 atom stereocenters. The summed E-state index contributed by atoms with van der Waals surface area (Å²) < 4.78 is 42.1. The molecular weight excluding hydrogens is 447 g/mol. The third kappa shape index (κ3) is 4.90. The monoisotopic (exact) mass is 481 g/mol. The van der Waals surface area contributed by atoms with Crippen molar-refractivity contribution < 1.29 is 27.9 Å². The number of carbonyl (C=O) groups excluding carboxylic acids is 2. The summed E-state index contributed by atoms with van der Waals surface area (Å²) >= 11 is 0. The van der Waals surface area contributed by atoms with Crippen LogP contribution in [0.15, 0.2) is 18.2 Å². The van der Waals surface area contributed by atoms with E-state index in [1.165, 1.54) is 12.1 Å². The second-order valence-corrected chi connectivity index (χ2v) is 10.4. The number of hydrogen-bond donors (Lipinski definition) is 2. The maximum absolute atomic E-state index is 14.0. The lowest BCUT2D eigenvalue weighted by molar-refractivity contribution is -0.139. The Labute approximate surface area is 198 Å². The van der Waals surface area contributed by atoms with Crippen LogP contribution in [-0.4, -0.2) is 53.6 Å². The highest BCUT2D eigenvalue weighted by Gasteiger charge is 2.51. The van der Waals surface area contributed by atoms with Gasteiger partial charge in [-0.1, -0.05) is 13.8 Å². The Kier molecular flexibility index (Phi) is 6.86. The van der Waals surface area contributed by atoms with Crippen molar-refractivity contribution in [2.24, 2.45) is 11.3 Å². The van der Waals surface area contributed by atoms with Crippen LogP contribution < -0.4 is 10.2 Å².